The molecule has 0 bridgehead atoms. The van der Waals surface area contributed by atoms with Gasteiger partial charge in [-0.3, -0.25) is 4.79 Å². The Labute approximate surface area is 108 Å². The van der Waals surface area contributed by atoms with Gasteiger partial charge in [0.05, 0.1) is 10.6 Å². The average molecular weight is 307 g/mol. The number of amides is 1. The molecule has 2 N–H and O–H groups in total. The first-order valence-corrected chi connectivity index (χ1v) is 6.37. The number of halogens is 2. The molecule has 5 heteroatoms. The Morgan fingerprint density at radius 1 is 1.62 bits per heavy atom. The first-order valence-electron chi connectivity index (χ1n) is 4.87. The van der Waals surface area contributed by atoms with E-state index in [1.165, 1.54) is 18.2 Å². The summed E-state index contributed by atoms with van der Waals surface area (Å²) in [5.74, 6) is 0.108. The molecule has 1 unspecified atom stereocenters. The van der Waals surface area contributed by atoms with Crippen LogP contribution in [0.15, 0.2) is 18.2 Å². The summed E-state index contributed by atoms with van der Waals surface area (Å²) in [6, 6.07) is 4.30. The fourth-order valence-corrected chi connectivity index (χ4v) is 1.54. The van der Waals surface area contributed by atoms with Crippen LogP contribution in [0, 0.1) is 5.92 Å². The molecule has 0 aliphatic heterocycles. The van der Waals surface area contributed by atoms with E-state index in [1.807, 2.05) is 6.92 Å². The van der Waals surface area contributed by atoms with E-state index in [4.69, 9.17) is 11.6 Å². The second-order valence-electron chi connectivity index (χ2n) is 3.63. The van der Waals surface area contributed by atoms with Crippen LogP contribution in [0.5, 0.6) is 5.75 Å². The van der Waals surface area contributed by atoms with Crippen molar-refractivity contribution in [3.63, 3.8) is 0 Å². The van der Waals surface area contributed by atoms with Gasteiger partial charge in [-0.1, -0.05) is 34.5 Å². The number of hydrogen-bond donors (Lipinski definition) is 2. The lowest BCUT2D eigenvalue weighted by Crippen LogP contribution is -2.28. The number of nitrogens with one attached hydrogen (secondary N) is 1. The molecule has 0 radical (unpaired) electrons. The Hall–Kier alpha value is -0.740. The van der Waals surface area contributed by atoms with Crippen LogP contribution < -0.4 is 5.32 Å². The van der Waals surface area contributed by atoms with Crippen LogP contribution >= 0.6 is 27.5 Å². The quantitative estimate of drug-likeness (QED) is 0.840. The van der Waals surface area contributed by atoms with Gasteiger partial charge in [0.1, 0.15) is 5.75 Å². The van der Waals surface area contributed by atoms with Crippen molar-refractivity contribution in [2.75, 3.05) is 11.9 Å². The highest BCUT2D eigenvalue weighted by molar-refractivity contribution is 9.09. The van der Waals surface area contributed by atoms with E-state index in [2.05, 4.69) is 21.2 Å². The van der Waals surface area contributed by atoms with Crippen LogP contribution in [0.2, 0.25) is 5.02 Å². The molecule has 88 valence electrons. The van der Waals surface area contributed by atoms with Crippen molar-refractivity contribution < 1.29 is 9.90 Å². The van der Waals surface area contributed by atoms with Crippen LogP contribution in [-0.2, 0) is 0 Å². The Morgan fingerprint density at radius 3 is 2.94 bits per heavy atom. The lowest BCUT2D eigenvalue weighted by atomic mass is 10.2. The van der Waals surface area contributed by atoms with E-state index >= 15 is 0 Å². The number of alkyl halides is 1. The van der Waals surface area contributed by atoms with E-state index in [0.29, 0.717) is 23.0 Å². The van der Waals surface area contributed by atoms with E-state index in [0.717, 1.165) is 5.33 Å². The summed E-state index contributed by atoms with van der Waals surface area (Å²) in [6.45, 7) is 2.58. The lowest BCUT2D eigenvalue weighted by Gasteiger charge is -2.10. The predicted octanol–water partition coefficient (Wildman–Crippen LogP) is 2.81. The zero-order valence-electron chi connectivity index (χ0n) is 8.84. The fourth-order valence-electron chi connectivity index (χ4n) is 1.10. The minimum absolute atomic E-state index is 0.0306. The molecule has 0 aliphatic carbocycles. The number of aromatic hydroxyl groups is 1. The van der Waals surface area contributed by atoms with Crippen molar-refractivity contribution in [3.8, 4) is 5.75 Å². The summed E-state index contributed by atoms with van der Waals surface area (Å²) >= 11 is 9.19. The number of carbonyl (C=O) groups is 1. The molecule has 1 rings (SSSR count). The van der Waals surface area contributed by atoms with Gasteiger partial charge in [-0.2, -0.15) is 0 Å². The van der Waals surface area contributed by atoms with Crippen molar-refractivity contribution in [2.45, 2.75) is 6.92 Å². The van der Waals surface area contributed by atoms with E-state index in [9.17, 15) is 9.90 Å². The van der Waals surface area contributed by atoms with Gasteiger partial charge < -0.3 is 10.4 Å². The maximum Gasteiger partial charge on any atom is 0.252 e. The molecule has 0 saturated carbocycles. The molecule has 0 aromatic heterocycles. The van der Waals surface area contributed by atoms with Crippen LogP contribution in [0.3, 0.4) is 0 Å². The second-order valence-corrected chi connectivity index (χ2v) is 4.69. The van der Waals surface area contributed by atoms with Crippen LogP contribution in [0.4, 0.5) is 0 Å². The molecule has 1 amide bonds. The molecule has 1 aromatic rings. The third-order valence-electron chi connectivity index (χ3n) is 2.07. The number of benzene rings is 1. The molecule has 0 saturated heterocycles. The number of hydrogen-bond acceptors (Lipinski definition) is 2. The normalized spacial score (nSPS) is 12.2. The zero-order valence-corrected chi connectivity index (χ0v) is 11.2. The first-order chi connectivity index (χ1) is 7.54. The lowest BCUT2D eigenvalue weighted by molar-refractivity contribution is 0.0949. The van der Waals surface area contributed by atoms with Gasteiger partial charge in [0.25, 0.3) is 5.91 Å². The third kappa shape index (κ3) is 3.68. The summed E-state index contributed by atoms with van der Waals surface area (Å²) in [5, 5.41) is 13.2. The fraction of sp³-hybridized carbons (Fsp3) is 0.364. The summed E-state index contributed by atoms with van der Waals surface area (Å²) in [6.07, 6.45) is 0. The number of rotatable bonds is 4. The molecule has 0 heterocycles. The predicted molar refractivity (Wildman–Crippen MR) is 68.4 cm³/mol. The van der Waals surface area contributed by atoms with Crippen molar-refractivity contribution >= 4 is 33.4 Å². The number of phenolic OH excluding ortho intramolecular Hbond substituents is 1. The standard InChI is InChI=1S/C11H13BrClNO2/c1-7(5-12)6-14-11(16)9-4-8(15)2-3-10(9)13/h2-4,7,15H,5-6H2,1H3,(H,14,16). The summed E-state index contributed by atoms with van der Waals surface area (Å²) < 4.78 is 0. The molecular weight excluding hydrogens is 293 g/mol. The van der Waals surface area contributed by atoms with Crippen molar-refractivity contribution in [2.24, 2.45) is 5.92 Å². The minimum atomic E-state index is -0.270. The molecule has 0 fully saturated rings. The van der Waals surface area contributed by atoms with Crippen LogP contribution in [0.25, 0.3) is 0 Å². The van der Waals surface area contributed by atoms with E-state index in [-0.39, 0.29) is 11.7 Å². The smallest absolute Gasteiger partial charge is 0.252 e. The molecule has 1 aromatic carbocycles. The van der Waals surface area contributed by atoms with Gasteiger partial charge in [-0.15, -0.1) is 0 Å². The Bertz CT molecular complexity index is 384. The summed E-state index contributed by atoms with van der Waals surface area (Å²) in [7, 11) is 0. The van der Waals surface area contributed by atoms with Crippen LogP contribution in [0.1, 0.15) is 17.3 Å². The van der Waals surface area contributed by atoms with Gasteiger partial charge in [-0.25, -0.2) is 0 Å². The van der Waals surface area contributed by atoms with E-state index in [1.54, 1.807) is 0 Å². The van der Waals surface area contributed by atoms with Gasteiger partial charge in [0, 0.05) is 11.9 Å². The molecule has 0 spiro atoms. The van der Waals surface area contributed by atoms with Crippen LogP contribution in [-0.4, -0.2) is 22.9 Å². The van der Waals surface area contributed by atoms with Gasteiger partial charge in [-0.05, 0) is 24.1 Å². The largest absolute Gasteiger partial charge is 0.508 e. The molecular formula is C11H13BrClNO2. The van der Waals surface area contributed by atoms with Crippen molar-refractivity contribution in [3.05, 3.63) is 28.8 Å². The van der Waals surface area contributed by atoms with Crippen molar-refractivity contribution in [1.82, 2.24) is 5.32 Å². The van der Waals surface area contributed by atoms with Gasteiger partial charge in [0.2, 0.25) is 0 Å². The van der Waals surface area contributed by atoms with Gasteiger partial charge >= 0.3 is 0 Å². The average Bonchev–Trinajstić information content (AvgIpc) is 2.28. The highest BCUT2D eigenvalue weighted by Crippen LogP contribution is 2.20. The van der Waals surface area contributed by atoms with Gasteiger partial charge in [0.15, 0.2) is 0 Å². The molecule has 0 aliphatic rings. The molecule has 16 heavy (non-hydrogen) atoms. The number of phenols is 1. The molecule has 3 nitrogen and oxygen atoms in total. The monoisotopic (exact) mass is 305 g/mol. The Kier molecular flexibility index (Phi) is 5.09. The maximum atomic E-state index is 11.7. The summed E-state index contributed by atoms with van der Waals surface area (Å²) in [5.41, 5.74) is 0.295. The zero-order chi connectivity index (χ0) is 12.1. The minimum Gasteiger partial charge on any atom is -0.508 e. The highest BCUT2D eigenvalue weighted by atomic mass is 79.9. The number of carbonyl (C=O) groups excluding carboxylic acids is 1. The van der Waals surface area contributed by atoms with Crippen molar-refractivity contribution in [1.29, 1.82) is 0 Å². The topological polar surface area (TPSA) is 49.3 Å². The Morgan fingerprint density at radius 2 is 2.31 bits per heavy atom. The van der Waals surface area contributed by atoms with E-state index < -0.39 is 0 Å². The summed E-state index contributed by atoms with van der Waals surface area (Å²) in [4.78, 5) is 11.7. The first kappa shape index (κ1) is 13.3. The highest BCUT2D eigenvalue weighted by Gasteiger charge is 2.11. The molecule has 1 atom stereocenters. The second kappa shape index (κ2) is 6.11. The third-order valence-corrected chi connectivity index (χ3v) is 3.50. The SMILES string of the molecule is CC(CBr)CNC(=O)c1cc(O)ccc1Cl. The maximum absolute atomic E-state index is 11.7. The Balaban J connectivity index is 2.69.